The maximum Gasteiger partial charge on any atom is 0.339 e. The van der Waals surface area contributed by atoms with E-state index in [9.17, 15) is 23.2 Å². The molecular weight excluding hydrogens is 528 g/mol. The van der Waals surface area contributed by atoms with Crippen molar-refractivity contribution >= 4 is 32.9 Å². The Bertz CT molecular complexity index is 1200. The fraction of sp³-hybridized carbons (Fsp3) is 0.407. The van der Waals surface area contributed by atoms with E-state index in [0.29, 0.717) is 34.8 Å². The number of sulfone groups is 1. The van der Waals surface area contributed by atoms with E-state index in [2.05, 4.69) is 0 Å². The van der Waals surface area contributed by atoms with E-state index >= 15 is 0 Å². The molecule has 12 heteroatoms. The van der Waals surface area contributed by atoms with Gasteiger partial charge in [0.05, 0.1) is 30.2 Å². The number of unbranched alkanes of at least 4 members (excludes halogenated alkanes) is 3. The Labute approximate surface area is 228 Å². The van der Waals surface area contributed by atoms with Crippen LogP contribution in [-0.4, -0.2) is 74.7 Å². The zero-order chi connectivity index (χ0) is 28.8. The molecule has 4 N–H and O–H groups in total. The van der Waals surface area contributed by atoms with Gasteiger partial charge in [0, 0.05) is 11.8 Å². The van der Waals surface area contributed by atoms with Gasteiger partial charge in [0.2, 0.25) is 0 Å². The number of carbonyl (C=O) groups is 2. The molecule has 2 aromatic carbocycles. The molecule has 0 fully saturated rings. The first-order valence-corrected chi connectivity index (χ1v) is 14.3. The highest BCUT2D eigenvalue weighted by Crippen LogP contribution is 2.29. The molecule has 0 saturated carbocycles. The van der Waals surface area contributed by atoms with E-state index in [4.69, 9.17) is 25.2 Å². The van der Waals surface area contributed by atoms with Gasteiger partial charge in [0.15, 0.2) is 16.1 Å². The van der Waals surface area contributed by atoms with Crippen LogP contribution in [0.3, 0.4) is 0 Å². The maximum absolute atomic E-state index is 13.4. The van der Waals surface area contributed by atoms with Crippen LogP contribution in [0.15, 0.2) is 59.5 Å². The van der Waals surface area contributed by atoms with Gasteiger partial charge in [-0.15, -0.1) is 0 Å². The molecule has 1 atom stereocenters. The molecule has 214 valence electrons. The molecule has 0 saturated heterocycles. The number of hydrogen-bond acceptors (Lipinski definition) is 11. The second kappa shape index (κ2) is 16.1. The number of ether oxygens (including phenoxy) is 2. The quantitative estimate of drug-likeness (QED) is 0.0685. The maximum atomic E-state index is 13.4. The van der Waals surface area contributed by atoms with Gasteiger partial charge in [-0.1, -0.05) is 48.9 Å². The normalized spacial score (nSPS) is 13.1. The number of esters is 2. The fourth-order valence-electron chi connectivity index (χ4n) is 3.50. The SMILES string of the molecule is C[C@@H](O)N(O)OCCCCCCOC(=O)/C(=C(\COC(=O)CN)c1ccc(S(C)(=O)=O)cc1)c1ccccc1. The van der Waals surface area contributed by atoms with Gasteiger partial charge < -0.3 is 20.3 Å². The topological polar surface area (TPSA) is 166 Å². The standard InChI is InChI=1S/C27H36N2O9S/c1-20(30)29(33)38-17-9-4-3-8-16-36-27(32)26(22-10-6-5-7-11-22)24(19-37-25(31)18-28)21-12-14-23(15-13-21)39(2,34)35/h5-7,10-15,20,30,33H,3-4,8-9,16-19,28H2,1-2H3/b26-24+/t20-/m1/s1. The second-order valence-electron chi connectivity index (χ2n) is 8.70. The summed E-state index contributed by atoms with van der Waals surface area (Å²) in [6.07, 6.45) is 2.66. The van der Waals surface area contributed by atoms with Crippen molar-refractivity contribution in [1.82, 2.24) is 5.23 Å². The molecule has 0 aromatic heterocycles. The van der Waals surface area contributed by atoms with Crippen LogP contribution in [0.4, 0.5) is 0 Å². The number of hydroxylamine groups is 2. The molecule has 0 aliphatic carbocycles. The molecule has 0 aliphatic rings. The third-order valence-corrected chi connectivity index (χ3v) is 6.69. The smallest absolute Gasteiger partial charge is 0.339 e. The van der Waals surface area contributed by atoms with E-state index in [-0.39, 0.29) is 36.8 Å². The molecule has 0 heterocycles. The van der Waals surface area contributed by atoms with Crippen LogP contribution in [-0.2, 0) is 33.7 Å². The van der Waals surface area contributed by atoms with Gasteiger partial charge >= 0.3 is 11.9 Å². The Morgan fingerprint density at radius 3 is 2.10 bits per heavy atom. The number of nitrogens with two attached hydrogens (primary N) is 1. The summed E-state index contributed by atoms with van der Waals surface area (Å²) in [5.41, 5.74) is 6.93. The van der Waals surface area contributed by atoms with Crippen molar-refractivity contribution in [1.29, 1.82) is 0 Å². The Morgan fingerprint density at radius 1 is 0.923 bits per heavy atom. The number of aliphatic hydroxyl groups excluding tert-OH is 1. The van der Waals surface area contributed by atoms with E-state index in [1.807, 2.05) is 0 Å². The van der Waals surface area contributed by atoms with Crippen LogP contribution >= 0.6 is 0 Å². The average molecular weight is 565 g/mol. The highest BCUT2D eigenvalue weighted by Gasteiger charge is 2.22. The molecule has 0 amide bonds. The van der Waals surface area contributed by atoms with Gasteiger partial charge in [0.25, 0.3) is 0 Å². The summed E-state index contributed by atoms with van der Waals surface area (Å²) in [7, 11) is -3.44. The molecule has 0 unspecified atom stereocenters. The van der Waals surface area contributed by atoms with Crippen molar-refractivity contribution in [3.8, 4) is 0 Å². The first kappa shape index (κ1) is 32.1. The van der Waals surface area contributed by atoms with E-state index in [1.54, 1.807) is 42.5 Å². The van der Waals surface area contributed by atoms with Crippen molar-refractivity contribution in [3.63, 3.8) is 0 Å². The minimum Gasteiger partial charge on any atom is -0.462 e. The Hall–Kier alpha value is -3.13. The lowest BCUT2D eigenvalue weighted by Crippen LogP contribution is -2.29. The molecular formula is C27H36N2O9S. The van der Waals surface area contributed by atoms with Crippen molar-refractivity contribution in [2.24, 2.45) is 5.73 Å². The highest BCUT2D eigenvalue weighted by molar-refractivity contribution is 7.90. The van der Waals surface area contributed by atoms with Crippen LogP contribution in [0.25, 0.3) is 11.1 Å². The Kier molecular flexibility index (Phi) is 13.2. The first-order chi connectivity index (χ1) is 18.5. The first-order valence-electron chi connectivity index (χ1n) is 12.5. The van der Waals surface area contributed by atoms with Crippen LogP contribution in [0.1, 0.15) is 43.7 Å². The lowest BCUT2D eigenvalue weighted by atomic mass is 9.95. The third-order valence-electron chi connectivity index (χ3n) is 5.56. The number of carbonyl (C=O) groups excluding carboxylic acids is 2. The van der Waals surface area contributed by atoms with Crippen molar-refractivity contribution in [2.75, 3.05) is 32.6 Å². The molecule has 2 aromatic rings. The number of benzene rings is 2. The predicted octanol–water partition coefficient (Wildman–Crippen LogP) is 2.57. The zero-order valence-corrected chi connectivity index (χ0v) is 22.9. The number of nitrogens with zero attached hydrogens (tertiary/aromatic N) is 1. The summed E-state index contributed by atoms with van der Waals surface area (Å²) < 4.78 is 34.7. The van der Waals surface area contributed by atoms with E-state index in [1.165, 1.54) is 19.1 Å². The average Bonchev–Trinajstić information content (AvgIpc) is 2.91. The van der Waals surface area contributed by atoms with Crippen molar-refractivity contribution in [3.05, 3.63) is 65.7 Å². The minimum absolute atomic E-state index is 0.108. The predicted molar refractivity (Wildman–Crippen MR) is 144 cm³/mol. The molecule has 11 nitrogen and oxygen atoms in total. The van der Waals surface area contributed by atoms with Crippen LogP contribution in [0, 0.1) is 0 Å². The Balaban J connectivity index is 2.22. The summed E-state index contributed by atoms with van der Waals surface area (Å²) in [5.74, 6) is -1.29. The van der Waals surface area contributed by atoms with Crippen LogP contribution < -0.4 is 5.73 Å². The van der Waals surface area contributed by atoms with Gasteiger partial charge in [-0.25, -0.2) is 13.2 Å². The second-order valence-corrected chi connectivity index (χ2v) is 10.7. The number of hydrogen-bond donors (Lipinski definition) is 3. The van der Waals surface area contributed by atoms with Crippen LogP contribution in [0.2, 0.25) is 0 Å². The Morgan fingerprint density at radius 2 is 1.54 bits per heavy atom. The number of aliphatic hydroxyl groups is 1. The summed E-state index contributed by atoms with van der Waals surface area (Å²) in [4.78, 5) is 30.3. The summed E-state index contributed by atoms with van der Waals surface area (Å²) >= 11 is 0. The van der Waals surface area contributed by atoms with Gasteiger partial charge in [-0.2, -0.15) is 0 Å². The minimum atomic E-state index is -3.44. The van der Waals surface area contributed by atoms with E-state index in [0.717, 1.165) is 19.1 Å². The summed E-state index contributed by atoms with van der Waals surface area (Å²) in [5, 5.41) is 18.8. The largest absolute Gasteiger partial charge is 0.462 e. The zero-order valence-electron chi connectivity index (χ0n) is 22.1. The van der Waals surface area contributed by atoms with Crippen molar-refractivity contribution in [2.45, 2.75) is 43.7 Å². The van der Waals surface area contributed by atoms with Crippen LogP contribution in [0.5, 0.6) is 0 Å². The molecule has 0 aliphatic heterocycles. The van der Waals surface area contributed by atoms with Gasteiger partial charge in [-0.05, 0) is 54.7 Å². The molecule has 0 spiro atoms. The van der Waals surface area contributed by atoms with Crippen molar-refractivity contribution < 1.29 is 42.6 Å². The highest BCUT2D eigenvalue weighted by atomic mass is 32.2. The summed E-state index contributed by atoms with van der Waals surface area (Å²) in [6.45, 7) is 1.11. The van der Waals surface area contributed by atoms with Gasteiger partial charge in [-0.3, -0.25) is 14.8 Å². The van der Waals surface area contributed by atoms with Gasteiger partial charge in [0.1, 0.15) is 6.61 Å². The lowest BCUT2D eigenvalue weighted by Gasteiger charge is -2.17. The molecule has 0 radical (unpaired) electrons. The van der Waals surface area contributed by atoms with E-state index < -0.39 is 28.0 Å². The molecule has 39 heavy (non-hydrogen) atoms. The number of rotatable bonds is 16. The monoisotopic (exact) mass is 564 g/mol. The molecule has 0 bridgehead atoms. The fourth-order valence-corrected chi connectivity index (χ4v) is 4.13. The summed E-state index contributed by atoms with van der Waals surface area (Å²) in [6, 6.07) is 14.7. The third kappa shape index (κ3) is 10.9. The molecule has 2 rings (SSSR count). The lowest BCUT2D eigenvalue weighted by molar-refractivity contribution is -0.392.